The molecule has 0 atom stereocenters. The van der Waals surface area contributed by atoms with Crippen LogP contribution in [0.5, 0.6) is 0 Å². The Morgan fingerprint density at radius 3 is 2.85 bits per heavy atom. The molecule has 0 aliphatic rings. The van der Waals surface area contributed by atoms with Crippen LogP contribution in [0, 0.1) is 23.0 Å². The predicted molar refractivity (Wildman–Crippen MR) is 98.0 cm³/mol. The molecule has 2 aromatic heterocycles. The minimum Gasteiger partial charge on any atom is -0.382 e. The van der Waals surface area contributed by atoms with Crippen LogP contribution >= 0.6 is 23.1 Å². The summed E-state index contributed by atoms with van der Waals surface area (Å²) in [5.41, 5.74) is 6.58. The molecule has 2 heterocycles. The SMILES string of the molecule is N#Cc1cnc(SCC(=O)Nc2nc(-c3ccc(F)c(F)c3)cs2)nc1N. The Kier molecular flexibility index (Phi) is 5.58. The number of nitrogens with two attached hydrogens (primary N) is 1. The van der Waals surface area contributed by atoms with E-state index in [2.05, 4.69) is 20.3 Å². The van der Waals surface area contributed by atoms with Crippen LogP contribution in [0.25, 0.3) is 11.3 Å². The highest BCUT2D eigenvalue weighted by molar-refractivity contribution is 7.99. The van der Waals surface area contributed by atoms with Gasteiger partial charge in [-0.1, -0.05) is 11.8 Å². The lowest BCUT2D eigenvalue weighted by Crippen LogP contribution is -2.14. The number of benzene rings is 1. The lowest BCUT2D eigenvalue weighted by Gasteiger charge is -2.02. The second-order valence-corrected chi connectivity index (χ2v) is 6.87. The fraction of sp³-hybridized carbons (Fsp3) is 0.0625. The first-order chi connectivity index (χ1) is 13.0. The third kappa shape index (κ3) is 4.55. The molecule has 0 bridgehead atoms. The van der Waals surface area contributed by atoms with E-state index in [-0.39, 0.29) is 28.2 Å². The van der Waals surface area contributed by atoms with Gasteiger partial charge in [0, 0.05) is 10.9 Å². The van der Waals surface area contributed by atoms with Crippen molar-refractivity contribution in [1.29, 1.82) is 5.26 Å². The Morgan fingerprint density at radius 1 is 1.33 bits per heavy atom. The van der Waals surface area contributed by atoms with Crippen LogP contribution in [0.2, 0.25) is 0 Å². The summed E-state index contributed by atoms with van der Waals surface area (Å²) in [6, 6.07) is 5.31. The Morgan fingerprint density at radius 2 is 2.15 bits per heavy atom. The first kappa shape index (κ1) is 18.7. The second-order valence-electron chi connectivity index (χ2n) is 5.07. The van der Waals surface area contributed by atoms with E-state index in [1.807, 2.05) is 6.07 Å². The number of nitriles is 1. The van der Waals surface area contributed by atoms with Gasteiger partial charge in [0.25, 0.3) is 0 Å². The van der Waals surface area contributed by atoms with Gasteiger partial charge in [-0.15, -0.1) is 11.3 Å². The van der Waals surface area contributed by atoms with Gasteiger partial charge in [0.15, 0.2) is 21.9 Å². The predicted octanol–water partition coefficient (Wildman–Crippen LogP) is 3.06. The summed E-state index contributed by atoms with van der Waals surface area (Å²) in [6.07, 6.45) is 1.29. The van der Waals surface area contributed by atoms with Crippen molar-refractivity contribution >= 4 is 40.0 Å². The lowest BCUT2D eigenvalue weighted by molar-refractivity contribution is -0.113. The van der Waals surface area contributed by atoms with Crippen molar-refractivity contribution in [3.63, 3.8) is 0 Å². The molecule has 0 saturated heterocycles. The highest BCUT2D eigenvalue weighted by atomic mass is 32.2. The molecule has 1 aromatic carbocycles. The maximum absolute atomic E-state index is 13.3. The van der Waals surface area contributed by atoms with Crippen molar-refractivity contribution < 1.29 is 13.6 Å². The van der Waals surface area contributed by atoms with Gasteiger partial charge in [0.1, 0.15) is 17.5 Å². The van der Waals surface area contributed by atoms with Crippen LogP contribution in [-0.2, 0) is 4.79 Å². The number of halogens is 2. The number of thiazole rings is 1. The van der Waals surface area contributed by atoms with Crippen molar-refractivity contribution in [2.45, 2.75) is 5.16 Å². The van der Waals surface area contributed by atoms with E-state index in [9.17, 15) is 13.6 Å². The molecule has 0 radical (unpaired) electrons. The molecule has 0 saturated carbocycles. The molecular weight excluding hydrogens is 394 g/mol. The molecule has 0 aliphatic carbocycles. The van der Waals surface area contributed by atoms with Gasteiger partial charge in [0.2, 0.25) is 5.91 Å². The Labute approximate surface area is 160 Å². The molecule has 1 amide bonds. The summed E-state index contributed by atoms with van der Waals surface area (Å²) in [4.78, 5) is 24.1. The number of carbonyl (C=O) groups is 1. The van der Waals surface area contributed by atoms with Gasteiger partial charge in [-0.25, -0.2) is 23.7 Å². The number of amides is 1. The molecule has 0 fully saturated rings. The summed E-state index contributed by atoms with van der Waals surface area (Å²) < 4.78 is 26.3. The van der Waals surface area contributed by atoms with Crippen LogP contribution < -0.4 is 11.1 Å². The minimum absolute atomic E-state index is 0.00539. The standard InChI is InChI=1S/C16H10F2N6OS2/c17-10-2-1-8(3-11(10)18)12-6-26-16(22-12)23-13(25)7-27-15-21-5-9(4-19)14(20)24-15/h1-3,5-6H,7H2,(H2,20,21,24)(H,22,23,25). The molecule has 11 heteroatoms. The van der Waals surface area contributed by atoms with E-state index >= 15 is 0 Å². The van der Waals surface area contributed by atoms with E-state index in [0.29, 0.717) is 16.4 Å². The van der Waals surface area contributed by atoms with Crippen LogP contribution in [0.1, 0.15) is 5.56 Å². The third-order valence-corrected chi connectivity index (χ3v) is 4.83. The summed E-state index contributed by atoms with van der Waals surface area (Å²) in [7, 11) is 0. The number of nitrogens with zero attached hydrogens (tertiary/aromatic N) is 4. The molecule has 0 unspecified atom stereocenters. The fourth-order valence-corrected chi connectivity index (χ4v) is 3.30. The number of rotatable bonds is 5. The first-order valence-corrected chi connectivity index (χ1v) is 9.19. The third-order valence-electron chi connectivity index (χ3n) is 3.21. The van der Waals surface area contributed by atoms with Crippen LogP contribution in [0.4, 0.5) is 19.7 Å². The number of hydrogen-bond donors (Lipinski definition) is 2. The molecule has 3 rings (SSSR count). The van der Waals surface area contributed by atoms with E-state index in [1.165, 1.54) is 12.3 Å². The average Bonchev–Trinajstić information content (AvgIpc) is 3.11. The minimum atomic E-state index is -0.968. The summed E-state index contributed by atoms with van der Waals surface area (Å²) in [5.74, 6) is -2.20. The maximum atomic E-state index is 13.3. The van der Waals surface area contributed by atoms with E-state index in [4.69, 9.17) is 11.0 Å². The number of carbonyl (C=O) groups excluding carboxylic acids is 1. The van der Waals surface area contributed by atoms with Gasteiger partial charge in [-0.2, -0.15) is 5.26 Å². The summed E-state index contributed by atoms with van der Waals surface area (Å²) in [5, 5.41) is 13.6. The number of nitrogens with one attached hydrogen (secondary N) is 1. The molecule has 27 heavy (non-hydrogen) atoms. The van der Waals surface area contributed by atoms with E-state index in [1.54, 1.807) is 5.38 Å². The van der Waals surface area contributed by atoms with Crippen molar-refractivity contribution in [2.24, 2.45) is 0 Å². The zero-order valence-electron chi connectivity index (χ0n) is 13.4. The smallest absolute Gasteiger partial charge is 0.236 e. The number of nitrogen functional groups attached to an aromatic ring is 1. The Balaban J connectivity index is 1.60. The van der Waals surface area contributed by atoms with E-state index < -0.39 is 11.6 Å². The topological polar surface area (TPSA) is 118 Å². The molecule has 0 spiro atoms. The zero-order valence-corrected chi connectivity index (χ0v) is 15.1. The van der Waals surface area contributed by atoms with Crippen LogP contribution in [0.3, 0.4) is 0 Å². The van der Waals surface area contributed by atoms with Crippen molar-refractivity contribution in [2.75, 3.05) is 16.8 Å². The zero-order chi connectivity index (χ0) is 19.4. The number of hydrogen-bond acceptors (Lipinski definition) is 8. The highest BCUT2D eigenvalue weighted by Crippen LogP contribution is 2.26. The molecular formula is C16H10F2N6OS2. The number of aromatic nitrogens is 3. The van der Waals surface area contributed by atoms with Crippen molar-refractivity contribution in [3.05, 3.63) is 47.0 Å². The monoisotopic (exact) mass is 404 g/mol. The van der Waals surface area contributed by atoms with Gasteiger partial charge in [-0.3, -0.25) is 4.79 Å². The van der Waals surface area contributed by atoms with Gasteiger partial charge < -0.3 is 11.1 Å². The largest absolute Gasteiger partial charge is 0.382 e. The highest BCUT2D eigenvalue weighted by Gasteiger charge is 2.12. The lowest BCUT2D eigenvalue weighted by atomic mass is 10.2. The average molecular weight is 404 g/mol. The summed E-state index contributed by atoms with van der Waals surface area (Å²) >= 11 is 2.21. The number of anilines is 2. The first-order valence-electron chi connectivity index (χ1n) is 7.32. The van der Waals surface area contributed by atoms with Crippen LogP contribution in [0.15, 0.2) is 34.9 Å². The molecule has 0 aliphatic heterocycles. The normalized spacial score (nSPS) is 10.4. The number of thioether (sulfide) groups is 1. The Bertz CT molecular complexity index is 1050. The molecule has 7 nitrogen and oxygen atoms in total. The quantitative estimate of drug-likeness (QED) is 0.496. The molecule has 3 aromatic rings. The van der Waals surface area contributed by atoms with Gasteiger partial charge in [-0.05, 0) is 18.2 Å². The van der Waals surface area contributed by atoms with Crippen molar-refractivity contribution in [3.8, 4) is 17.3 Å². The van der Waals surface area contributed by atoms with E-state index in [0.717, 1.165) is 35.2 Å². The Hall–Kier alpha value is -3.10. The second kappa shape index (κ2) is 8.07. The van der Waals surface area contributed by atoms with Crippen LogP contribution in [-0.4, -0.2) is 26.6 Å². The van der Waals surface area contributed by atoms with Gasteiger partial charge >= 0.3 is 0 Å². The van der Waals surface area contributed by atoms with Gasteiger partial charge in [0.05, 0.1) is 17.6 Å². The maximum Gasteiger partial charge on any atom is 0.236 e. The van der Waals surface area contributed by atoms with Crippen molar-refractivity contribution in [1.82, 2.24) is 15.0 Å². The summed E-state index contributed by atoms with van der Waals surface area (Å²) in [6.45, 7) is 0. The molecule has 136 valence electrons. The molecule has 3 N–H and O–H groups in total. The fourth-order valence-electron chi connectivity index (χ4n) is 1.94.